The Kier molecular flexibility index (Phi) is 6.84. The first-order valence-electron chi connectivity index (χ1n) is 6.99. The molecule has 5 heteroatoms. The quantitative estimate of drug-likeness (QED) is 0.579. The number of nitrogens with one attached hydrogen (secondary N) is 1. The molecule has 0 fully saturated rings. The number of nitrogens with zero attached hydrogens (tertiary/aromatic N) is 1. The molecule has 0 aliphatic carbocycles. The van der Waals surface area contributed by atoms with E-state index in [1.54, 1.807) is 6.92 Å². The molecule has 1 aromatic heterocycles. The molecule has 0 bridgehead atoms. The van der Waals surface area contributed by atoms with Crippen molar-refractivity contribution in [1.29, 1.82) is 0 Å². The van der Waals surface area contributed by atoms with E-state index in [2.05, 4.69) is 24.1 Å². The van der Waals surface area contributed by atoms with Gasteiger partial charge in [-0.3, -0.25) is 0 Å². The van der Waals surface area contributed by atoms with Gasteiger partial charge in [-0.15, -0.1) is 11.3 Å². The van der Waals surface area contributed by atoms with Crippen molar-refractivity contribution in [2.75, 3.05) is 11.9 Å². The fraction of sp³-hybridized carbons (Fsp3) is 0.714. The second kappa shape index (κ2) is 8.15. The fourth-order valence-corrected chi connectivity index (χ4v) is 2.74. The van der Waals surface area contributed by atoms with Gasteiger partial charge in [0, 0.05) is 10.9 Å². The Morgan fingerprint density at radius 3 is 2.79 bits per heavy atom. The van der Waals surface area contributed by atoms with Crippen molar-refractivity contribution in [2.24, 2.45) is 0 Å². The van der Waals surface area contributed by atoms with Gasteiger partial charge in [-0.05, 0) is 27.2 Å². The summed E-state index contributed by atoms with van der Waals surface area (Å²) in [6.07, 6.45) is 4.84. The molecule has 1 unspecified atom stereocenters. The van der Waals surface area contributed by atoms with Gasteiger partial charge >= 0.3 is 5.97 Å². The third-order valence-corrected chi connectivity index (χ3v) is 3.78. The normalized spacial score (nSPS) is 12.2. The smallest absolute Gasteiger partial charge is 0.358 e. The maximum atomic E-state index is 11.7. The largest absolute Gasteiger partial charge is 0.461 e. The van der Waals surface area contributed by atoms with E-state index in [4.69, 9.17) is 4.74 Å². The minimum atomic E-state index is -0.331. The highest BCUT2D eigenvalue weighted by molar-refractivity contribution is 7.15. The summed E-state index contributed by atoms with van der Waals surface area (Å²) >= 11 is 1.51. The van der Waals surface area contributed by atoms with Crippen molar-refractivity contribution >= 4 is 22.4 Å². The predicted octanol–water partition coefficient (Wildman–Crippen LogP) is 4.01. The number of anilines is 1. The summed E-state index contributed by atoms with van der Waals surface area (Å²) in [4.78, 5) is 16.9. The average molecular weight is 284 g/mol. The minimum Gasteiger partial charge on any atom is -0.461 e. The molecule has 0 radical (unpaired) electrons. The van der Waals surface area contributed by atoms with E-state index in [9.17, 15) is 4.79 Å². The number of thiazole rings is 1. The van der Waals surface area contributed by atoms with Gasteiger partial charge in [0.25, 0.3) is 0 Å². The molecule has 0 saturated carbocycles. The lowest BCUT2D eigenvalue weighted by Gasteiger charge is -2.11. The van der Waals surface area contributed by atoms with Gasteiger partial charge in [0.1, 0.15) is 0 Å². The van der Waals surface area contributed by atoms with Crippen molar-refractivity contribution in [3.8, 4) is 0 Å². The summed E-state index contributed by atoms with van der Waals surface area (Å²) in [7, 11) is 0. The maximum Gasteiger partial charge on any atom is 0.358 e. The Morgan fingerprint density at radius 1 is 1.42 bits per heavy atom. The lowest BCUT2D eigenvalue weighted by Crippen LogP contribution is -2.15. The van der Waals surface area contributed by atoms with E-state index in [0.717, 1.165) is 16.4 Å². The first kappa shape index (κ1) is 16.0. The molecule has 0 saturated heterocycles. The van der Waals surface area contributed by atoms with Crippen LogP contribution in [-0.4, -0.2) is 23.6 Å². The van der Waals surface area contributed by atoms with E-state index in [1.165, 1.54) is 30.6 Å². The minimum absolute atomic E-state index is 0.331. The zero-order valence-corrected chi connectivity index (χ0v) is 13.1. The number of unbranched alkanes of at least 4 members (excludes halogenated alkanes) is 2. The Labute approximate surface area is 119 Å². The van der Waals surface area contributed by atoms with Crippen LogP contribution in [-0.2, 0) is 4.74 Å². The Hall–Kier alpha value is -1.10. The van der Waals surface area contributed by atoms with E-state index in [0.29, 0.717) is 18.3 Å². The van der Waals surface area contributed by atoms with Gasteiger partial charge in [0.05, 0.1) is 6.61 Å². The number of aryl methyl sites for hydroxylation is 1. The summed E-state index contributed by atoms with van der Waals surface area (Å²) in [5.41, 5.74) is 0.440. The van der Waals surface area contributed by atoms with Crippen LogP contribution in [0.2, 0.25) is 0 Å². The van der Waals surface area contributed by atoms with Crippen molar-refractivity contribution in [3.63, 3.8) is 0 Å². The lowest BCUT2D eigenvalue weighted by atomic mass is 10.1. The van der Waals surface area contributed by atoms with Crippen LogP contribution in [0.25, 0.3) is 0 Å². The lowest BCUT2D eigenvalue weighted by molar-refractivity contribution is 0.0519. The third kappa shape index (κ3) is 5.19. The van der Waals surface area contributed by atoms with E-state index in [-0.39, 0.29) is 5.97 Å². The van der Waals surface area contributed by atoms with E-state index >= 15 is 0 Å². The molecule has 0 aliphatic rings. The standard InChI is InChI=1S/C14H24N2O2S/c1-5-7-8-9-10(3)15-14-16-12(11(4)19-14)13(17)18-6-2/h10H,5-9H2,1-4H3,(H,15,16). The highest BCUT2D eigenvalue weighted by Gasteiger charge is 2.17. The zero-order valence-electron chi connectivity index (χ0n) is 12.3. The second-order valence-electron chi connectivity index (χ2n) is 4.69. The molecule has 0 aliphatic heterocycles. The summed E-state index contributed by atoms with van der Waals surface area (Å²) in [5, 5.41) is 4.17. The van der Waals surface area contributed by atoms with Crippen LogP contribution in [0.3, 0.4) is 0 Å². The van der Waals surface area contributed by atoms with Gasteiger partial charge < -0.3 is 10.1 Å². The Balaban J connectivity index is 2.55. The maximum absolute atomic E-state index is 11.7. The van der Waals surface area contributed by atoms with Gasteiger partial charge in [-0.25, -0.2) is 9.78 Å². The van der Waals surface area contributed by atoms with Crippen molar-refractivity contribution in [1.82, 2.24) is 4.98 Å². The molecule has 0 aromatic carbocycles. The molecule has 1 rings (SSSR count). The number of hydrogen-bond donors (Lipinski definition) is 1. The fourth-order valence-electron chi connectivity index (χ4n) is 1.83. The molecule has 1 atom stereocenters. The molecule has 0 spiro atoms. The van der Waals surface area contributed by atoms with Gasteiger partial charge in [-0.1, -0.05) is 26.2 Å². The monoisotopic (exact) mass is 284 g/mol. The molecule has 4 nitrogen and oxygen atoms in total. The number of aromatic nitrogens is 1. The molecule has 1 aromatic rings. The van der Waals surface area contributed by atoms with Crippen LogP contribution in [0.1, 0.15) is 61.8 Å². The van der Waals surface area contributed by atoms with Crippen LogP contribution in [0.5, 0.6) is 0 Å². The number of rotatable bonds is 8. The first-order valence-corrected chi connectivity index (χ1v) is 7.81. The summed E-state index contributed by atoms with van der Waals surface area (Å²) < 4.78 is 4.98. The number of esters is 1. The van der Waals surface area contributed by atoms with Crippen LogP contribution < -0.4 is 5.32 Å². The molecule has 19 heavy (non-hydrogen) atoms. The van der Waals surface area contributed by atoms with Crippen LogP contribution in [0, 0.1) is 6.92 Å². The Bertz CT molecular complexity index is 404. The third-order valence-electron chi connectivity index (χ3n) is 2.88. The number of hydrogen-bond acceptors (Lipinski definition) is 5. The SMILES string of the molecule is CCCCCC(C)Nc1nc(C(=O)OCC)c(C)s1. The van der Waals surface area contributed by atoms with Gasteiger partial charge in [0.2, 0.25) is 0 Å². The number of carbonyl (C=O) groups is 1. The summed E-state index contributed by atoms with van der Waals surface area (Å²) in [6.45, 7) is 8.43. The molecular formula is C14H24N2O2S. The summed E-state index contributed by atoms with van der Waals surface area (Å²) in [6, 6.07) is 0.382. The van der Waals surface area contributed by atoms with Crippen LogP contribution in [0.4, 0.5) is 5.13 Å². The first-order chi connectivity index (χ1) is 9.08. The van der Waals surface area contributed by atoms with Gasteiger partial charge in [-0.2, -0.15) is 0 Å². The number of carbonyl (C=O) groups excluding carboxylic acids is 1. The highest BCUT2D eigenvalue weighted by Crippen LogP contribution is 2.24. The molecule has 1 N–H and O–H groups in total. The van der Waals surface area contributed by atoms with E-state index < -0.39 is 0 Å². The zero-order chi connectivity index (χ0) is 14.3. The Morgan fingerprint density at radius 2 is 2.16 bits per heavy atom. The van der Waals surface area contributed by atoms with Crippen molar-refractivity contribution in [2.45, 2.75) is 59.4 Å². The molecule has 108 valence electrons. The average Bonchev–Trinajstić information content (AvgIpc) is 2.71. The van der Waals surface area contributed by atoms with Crippen molar-refractivity contribution in [3.05, 3.63) is 10.6 Å². The molecule has 1 heterocycles. The summed E-state index contributed by atoms with van der Waals surface area (Å²) in [5.74, 6) is -0.331. The van der Waals surface area contributed by atoms with Crippen LogP contribution >= 0.6 is 11.3 Å². The second-order valence-corrected chi connectivity index (χ2v) is 5.89. The molecular weight excluding hydrogens is 260 g/mol. The van der Waals surface area contributed by atoms with E-state index in [1.807, 2.05) is 6.92 Å². The van der Waals surface area contributed by atoms with Crippen LogP contribution in [0.15, 0.2) is 0 Å². The molecule has 0 amide bonds. The van der Waals surface area contributed by atoms with Gasteiger partial charge in [0.15, 0.2) is 10.8 Å². The highest BCUT2D eigenvalue weighted by atomic mass is 32.1. The topological polar surface area (TPSA) is 51.2 Å². The predicted molar refractivity (Wildman–Crippen MR) is 80.0 cm³/mol. The van der Waals surface area contributed by atoms with Crippen molar-refractivity contribution < 1.29 is 9.53 Å². The number of ether oxygens (including phenoxy) is 1.